The maximum absolute atomic E-state index is 12.8. The smallest absolute Gasteiger partial charge is 0.416 e. The summed E-state index contributed by atoms with van der Waals surface area (Å²) in [6.45, 7) is 2.69. The standard InChI is InChI=1S/C24H28ClF3N2O3/c1-3-4-5-6-7-8-12-33-22-20(25)13-17(14-21(22)32-2)16-29-30-23(31)18-10-9-11-19(15-18)24(26,27)28/h9-11,13-16H,3-8,12H2,1-2H3,(H,30,31)/b29-16+. The number of ether oxygens (including phenoxy) is 2. The third-order valence-electron chi connectivity index (χ3n) is 4.83. The molecule has 1 amide bonds. The van der Waals surface area contributed by atoms with Crippen molar-refractivity contribution in [3.05, 3.63) is 58.1 Å². The number of halogens is 4. The van der Waals surface area contributed by atoms with Crippen LogP contribution in [0.5, 0.6) is 11.5 Å². The first-order chi connectivity index (χ1) is 15.8. The molecule has 0 aliphatic heterocycles. The average molecular weight is 485 g/mol. The number of benzene rings is 2. The van der Waals surface area contributed by atoms with Crippen LogP contribution in [0.4, 0.5) is 13.2 Å². The molecule has 0 fully saturated rings. The Morgan fingerprint density at radius 3 is 2.55 bits per heavy atom. The van der Waals surface area contributed by atoms with Gasteiger partial charge in [0.1, 0.15) is 0 Å². The van der Waals surface area contributed by atoms with Gasteiger partial charge in [-0.25, -0.2) is 5.43 Å². The van der Waals surface area contributed by atoms with Crippen LogP contribution in [0.3, 0.4) is 0 Å². The number of carbonyl (C=O) groups is 1. The largest absolute Gasteiger partial charge is 0.493 e. The SMILES string of the molecule is CCCCCCCCOc1c(Cl)cc(/C=N/NC(=O)c2cccc(C(F)(F)F)c2)cc1OC. The van der Waals surface area contributed by atoms with E-state index in [1.54, 1.807) is 12.1 Å². The van der Waals surface area contributed by atoms with Gasteiger partial charge in [-0.1, -0.05) is 56.7 Å². The van der Waals surface area contributed by atoms with Crippen LogP contribution in [0.25, 0.3) is 0 Å². The first-order valence-electron chi connectivity index (χ1n) is 10.8. The van der Waals surface area contributed by atoms with Gasteiger partial charge in [-0.15, -0.1) is 0 Å². The topological polar surface area (TPSA) is 59.9 Å². The van der Waals surface area contributed by atoms with Crippen LogP contribution < -0.4 is 14.9 Å². The Kier molecular flexibility index (Phi) is 10.5. The average Bonchev–Trinajstić information content (AvgIpc) is 2.78. The predicted octanol–water partition coefficient (Wildman–Crippen LogP) is 6.87. The maximum atomic E-state index is 12.8. The van der Waals surface area contributed by atoms with Crippen molar-refractivity contribution in [1.82, 2.24) is 5.43 Å². The Morgan fingerprint density at radius 2 is 1.85 bits per heavy atom. The molecule has 0 saturated heterocycles. The lowest BCUT2D eigenvalue weighted by Gasteiger charge is -2.13. The highest BCUT2D eigenvalue weighted by Gasteiger charge is 2.30. The zero-order valence-corrected chi connectivity index (χ0v) is 19.4. The quantitative estimate of drug-likeness (QED) is 0.203. The molecule has 0 aliphatic carbocycles. The highest BCUT2D eigenvalue weighted by molar-refractivity contribution is 6.32. The molecular weight excluding hydrogens is 457 g/mol. The molecule has 1 N–H and O–H groups in total. The summed E-state index contributed by atoms with van der Waals surface area (Å²) in [5, 5.41) is 4.13. The number of hydrogen-bond donors (Lipinski definition) is 1. The molecule has 2 rings (SSSR count). The number of hydrazone groups is 1. The molecule has 0 spiro atoms. The molecule has 0 bridgehead atoms. The number of amides is 1. The first-order valence-corrected chi connectivity index (χ1v) is 11.1. The van der Waals surface area contributed by atoms with E-state index in [2.05, 4.69) is 17.5 Å². The fourth-order valence-electron chi connectivity index (χ4n) is 3.08. The van der Waals surface area contributed by atoms with E-state index in [0.717, 1.165) is 31.0 Å². The highest BCUT2D eigenvalue weighted by Crippen LogP contribution is 2.36. The van der Waals surface area contributed by atoms with Gasteiger partial charge in [0, 0.05) is 5.56 Å². The Morgan fingerprint density at radius 1 is 1.12 bits per heavy atom. The first kappa shape index (κ1) is 26.5. The summed E-state index contributed by atoms with van der Waals surface area (Å²) in [5.74, 6) is 0.0753. The van der Waals surface area contributed by atoms with E-state index in [1.165, 1.54) is 45.1 Å². The molecule has 0 aliphatic rings. The lowest BCUT2D eigenvalue weighted by molar-refractivity contribution is -0.137. The van der Waals surface area contributed by atoms with Crippen molar-refractivity contribution < 1.29 is 27.4 Å². The normalized spacial score (nSPS) is 11.6. The molecule has 0 atom stereocenters. The Hall–Kier alpha value is -2.74. The molecule has 180 valence electrons. The fraction of sp³-hybridized carbons (Fsp3) is 0.417. The molecule has 2 aromatic rings. The van der Waals surface area contributed by atoms with Gasteiger partial charge in [0.05, 0.1) is 30.5 Å². The molecule has 2 aromatic carbocycles. The van der Waals surface area contributed by atoms with E-state index in [1.807, 2.05) is 0 Å². The van der Waals surface area contributed by atoms with Crippen molar-refractivity contribution in [2.45, 2.75) is 51.6 Å². The lowest BCUT2D eigenvalue weighted by Crippen LogP contribution is -2.18. The number of nitrogens with one attached hydrogen (secondary N) is 1. The summed E-state index contributed by atoms with van der Waals surface area (Å²) in [6, 6.07) is 7.33. The fourth-order valence-corrected chi connectivity index (χ4v) is 3.35. The Balaban J connectivity index is 1.96. The number of unbranched alkanes of at least 4 members (excludes halogenated alkanes) is 5. The van der Waals surface area contributed by atoms with E-state index >= 15 is 0 Å². The summed E-state index contributed by atoms with van der Waals surface area (Å²) < 4.78 is 49.6. The van der Waals surface area contributed by atoms with Gasteiger partial charge in [-0.3, -0.25) is 4.79 Å². The van der Waals surface area contributed by atoms with Gasteiger partial charge >= 0.3 is 6.18 Å². The number of carbonyl (C=O) groups excluding carboxylic acids is 1. The maximum Gasteiger partial charge on any atom is 0.416 e. The van der Waals surface area contributed by atoms with Crippen LogP contribution >= 0.6 is 11.6 Å². The highest BCUT2D eigenvalue weighted by atomic mass is 35.5. The van der Waals surface area contributed by atoms with E-state index in [9.17, 15) is 18.0 Å². The van der Waals surface area contributed by atoms with Gasteiger partial charge < -0.3 is 9.47 Å². The summed E-state index contributed by atoms with van der Waals surface area (Å²) >= 11 is 6.33. The summed E-state index contributed by atoms with van der Waals surface area (Å²) in [5.41, 5.74) is 1.66. The third kappa shape index (κ3) is 8.61. The van der Waals surface area contributed by atoms with E-state index in [-0.39, 0.29) is 5.56 Å². The van der Waals surface area contributed by atoms with Crippen molar-refractivity contribution in [1.29, 1.82) is 0 Å². The van der Waals surface area contributed by atoms with Crippen molar-refractivity contribution >= 4 is 23.7 Å². The van der Waals surface area contributed by atoms with Gasteiger partial charge in [-0.2, -0.15) is 18.3 Å². The number of rotatable bonds is 12. The number of alkyl halides is 3. The molecule has 0 unspecified atom stereocenters. The molecule has 0 heterocycles. The molecule has 0 aromatic heterocycles. The molecule has 9 heteroatoms. The molecule has 33 heavy (non-hydrogen) atoms. The predicted molar refractivity (Wildman–Crippen MR) is 123 cm³/mol. The van der Waals surface area contributed by atoms with Crippen LogP contribution in [-0.2, 0) is 6.18 Å². The minimum atomic E-state index is -4.54. The van der Waals surface area contributed by atoms with Gasteiger partial charge in [0.2, 0.25) is 0 Å². The lowest BCUT2D eigenvalue weighted by atomic mass is 10.1. The van der Waals surface area contributed by atoms with E-state index < -0.39 is 17.6 Å². The number of methoxy groups -OCH3 is 1. The second-order valence-corrected chi connectivity index (χ2v) is 7.84. The third-order valence-corrected chi connectivity index (χ3v) is 5.11. The van der Waals surface area contributed by atoms with Crippen molar-refractivity contribution in [2.75, 3.05) is 13.7 Å². The minimum absolute atomic E-state index is 0.156. The number of hydrogen-bond acceptors (Lipinski definition) is 4. The van der Waals surface area contributed by atoms with Gasteiger partial charge in [0.15, 0.2) is 11.5 Å². The van der Waals surface area contributed by atoms with Crippen molar-refractivity contribution in [3.63, 3.8) is 0 Å². The van der Waals surface area contributed by atoms with Crippen LogP contribution in [0.2, 0.25) is 5.02 Å². The van der Waals surface area contributed by atoms with E-state index in [4.69, 9.17) is 21.1 Å². The second kappa shape index (κ2) is 13.1. The van der Waals surface area contributed by atoms with Gasteiger partial charge in [0.25, 0.3) is 5.91 Å². The molecule has 5 nitrogen and oxygen atoms in total. The zero-order chi connectivity index (χ0) is 24.3. The summed E-state index contributed by atoms with van der Waals surface area (Å²) in [4.78, 5) is 12.1. The van der Waals surface area contributed by atoms with Crippen molar-refractivity contribution in [3.8, 4) is 11.5 Å². The van der Waals surface area contributed by atoms with Crippen LogP contribution in [-0.4, -0.2) is 25.8 Å². The van der Waals surface area contributed by atoms with Crippen LogP contribution in [0.15, 0.2) is 41.5 Å². The summed E-state index contributed by atoms with van der Waals surface area (Å²) in [7, 11) is 1.49. The summed E-state index contributed by atoms with van der Waals surface area (Å²) in [6.07, 6.45) is 3.60. The van der Waals surface area contributed by atoms with Crippen LogP contribution in [0, 0.1) is 0 Å². The number of nitrogens with zero attached hydrogens (tertiary/aromatic N) is 1. The van der Waals surface area contributed by atoms with E-state index in [0.29, 0.717) is 28.7 Å². The van der Waals surface area contributed by atoms with Crippen molar-refractivity contribution in [2.24, 2.45) is 5.10 Å². The minimum Gasteiger partial charge on any atom is -0.493 e. The van der Waals surface area contributed by atoms with Gasteiger partial charge in [-0.05, 0) is 42.3 Å². The zero-order valence-electron chi connectivity index (χ0n) is 18.7. The Bertz CT molecular complexity index is 949. The Labute approximate surface area is 196 Å². The molecule has 0 radical (unpaired) electrons. The monoisotopic (exact) mass is 484 g/mol. The molecule has 0 saturated carbocycles. The second-order valence-electron chi connectivity index (χ2n) is 7.43. The molecular formula is C24H28ClF3N2O3. The van der Waals surface area contributed by atoms with Crippen LogP contribution in [0.1, 0.15) is 66.9 Å².